The zero-order valence-corrected chi connectivity index (χ0v) is 15.4. The summed E-state index contributed by atoms with van der Waals surface area (Å²) < 4.78 is 3.17. The third-order valence-corrected chi connectivity index (χ3v) is 4.86. The molecule has 100 valence electrons. The predicted octanol–water partition coefficient (Wildman–Crippen LogP) is 6.50. The van der Waals surface area contributed by atoms with Crippen molar-refractivity contribution < 1.29 is 0 Å². The molecule has 0 unspecified atom stereocenters. The quantitative estimate of drug-likeness (QED) is 0.408. The van der Waals surface area contributed by atoms with Crippen LogP contribution in [0.4, 0.5) is 0 Å². The van der Waals surface area contributed by atoms with E-state index in [1.54, 1.807) is 0 Å². The molecule has 0 bridgehead atoms. The highest BCUT2D eigenvalue weighted by molar-refractivity contribution is 9.11. The highest BCUT2D eigenvalue weighted by atomic mass is 79.9. The Kier molecular flexibility index (Phi) is 3.98. The van der Waals surface area contributed by atoms with Gasteiger partial charge in [0.1, 0.15) is 0 Å². The van der Waals surface area contributed by atoms with E-state index in [0.29, 0.717) is 0 Å². The molecule has 0 aliphatic rings. The minimum atomic E-state index is 0.977. The molecule has 0 N–H and O–H groups in total. The van der Waals surface area contributed by atoms with Crippen LogP contribution in [0.15, 0.2) is 55.9 Å². The van der Waals surface area contributed by atoms with E-state index in [1.165, 1.54) is 10.9 Å². The van der Waals surface area contributed by atoms with Crippen LogP contribution in [0.2, 0.25) is 0 Å². The van der Waals surface area contributed by atoms with Crippen LogP contribution in [0.5, 0.6) is 0 Å². The van der Waals surface area contributed by atoms with Gasteiger partial charge in [-0.15, -0.1) is 0 Å². The molecule has 1 heterocycles. The molecule has 3 aromatic rings. The van der Waals surface area contributed by atoms with E-state index >= 15 is 0 Å². The lowest BCUT2D eigenvalue weighted by Gasteiger charge is -2.09. The average Bonchev–Trinajstić information content (AvgIpc) is 2.42. The van der Waals surface area contributed by atoms with Gasteiger partial charge in [0, 0.05) is 24.4 Å². The molecule has 2 aromatic carbocycles. The molecule has 0 aliphatic carbocycles. The molecule has 0 aliphatic heterocycles. The SMILES string of the molecule is Cc1cc(-c2cc(Br)ccc2Br)nc2ccc(Br)cc12. The molecule has 0 amide bonds. The topological polar surface area (TPSA) is 12.9 Å². The van der Waals surface area contributed by atoms with E-state index in [2.05, 4.69) is 72.9 Å². The van der Waals surface area contributed by atoms with Gasteiger partial charge in [-0.2, -0.15) is 0 Å². The van der Waals surface area contributed by atoms with E-state index in [-0.39, 0.29) is 0 Å². The van der Waals surface area contributed by atoms with Crippen LogP contribution in [-0.2, 0) is 0 Å². The summed E-state index contributed by atoms with van der Waals surface area (Å²) in [6.45, 7) is 2.12. The lowest BCUT2D eigenvalue weighted by molar-refractivity contribution is 1.35. The molecule has 4 heteroatoms. The van der Waals surface area contributed by atoms with E-state index in [1.807, 2.05) is 24.3 Å². The molecule has 0 radical (unpaired) electrons. The summed E-state index contributed by atoms with van der Waals surface area (Å²) in [6.07, 6.45) is 0. The number of rotatable bonds is 1. The van der Waals surface area contributed by atoms with Crippen LogP contribution >= 0.6 is 47.8 Å². The number of aromatic nitrogens is 1. The number of aryl methyl sites for hydroxylation is 1. The third kappa shape index (κ3) is 2.69. The fraction of sp³-hybridized carbons (Fsp3) is 0.0625. The first-order valence-corrected chi connectivity index (χ1v) is 8.45. The molecule has 1 aromatic heterocycles. The molecule has 0 fully saturated rings. The van der Waals surface area contributed by atoms with Gasteiger partial charge in [0.05, 0.1) is 11.2 Å². The fourth-order valence-electron chi connectivity index (χ4n) is 2.20. The second-order valence-electron chi connectivity index (χ2n) is 4.61. The number of halogens is 3. The summed E-state index contributed by atoms with van der Waals surface area (Å²) in [5.41, 5.74) is 4.30. The monoisotopic (exact) mass is 453 g/mol. The number of hydrogen-bond donors (Lipinski definition) is 0. The third-order valence-electron chi connectivity index (χ3n) is 3.18. The van der Waals surface area contributed by atoms with E-state index < -0.39 is 0 Å². The van der Waals surface area contributed by atoms with E-state index in [4.69, 9.17) is 4.98 Å². The van der Waals surface area contributed by atoms with E-state index in [0.717, 1.165) is 30.2 Å². The summed E-state index contributed by atoms with van der Waals surface area (Å²) in [6, 6.07) is 14.4. The number of fused-ring (bicyclic) bond motifs is 1. The molecule has 0 atom stereocenters. The molecular weight excluding hydrogens is 446 g/mol. The maximum absolute atomic E-state index is 4.78. The maximum Gasteiger partial charge on any atom is 0.0724 e. The van der Waals surface area contributed by atoms with Gasteiger partial charge in [0.25, 0.3) is 0 Å². The lowest BCUT2D eigenvalue weighted by atomic mass is 10.1. The normalized spacial score (nSPS) is 11.0. The first-order chi connectivity index (χ1) is 9.54. The van der Waals surface area contributed by atoms with Crippen LogP contribution in [-0.4, -0.2) is 4.98 Å². The number of benzene rings is 2. The molecule has 0 spiro atoms. The Labute approximate surface area is 142 Å². The minimum Gasteiger partial charge on any atom is -0.248 e. The summed E-state index contributed by atoms with van der Waals surface area (Å²) in [5.74, 6) is 0. The molecule has 3 rings (SSSR count). The minimum absolute atomic E-state index is 0.977. The first kappa shape index (κ1) is 14.2. The van der Waals surface area contributed by atoms with Crippen molar-refractivity contribution in [3.05, 3.63) is 61.4 Å². The van der Waals surface area contributed by atoms with Gasteiger partial charge in [-0.05, 0) is 55.0 Å². The lowest BCUT2D eigenvalue weighted by Crippen LogP contribution is -1.90. The number of pyridine rings is 1. The molecule has 1 nitrogen and oxygen atoms in total. The van der Waals surface area contributed by atoms with Crippen molar-refractivity contribution in [3.8, 4) is 11.3 Å². The van der Waals surface area contributed by atoms with Gasteiger partial charge in [-0.25, -0.2) is 4.98 Å². The van der Waals surface area contributed by atoms with Crippen molar-refractivity contribution in [1.29, 1.82) is 0 Å². The van der Waals surface area contributed by atoms with Crippen molar-refractivity contribution >= 4 is 58.7 Å². The molecule has 0 saturated carbocycles. The van der Waals surface area contributed by atoms with Crippen LogP contribution in [0.25, 0.3) is 22.2 Å². The molecule has 20 heavy (non-hydrogen) atoms. The maximum atomic E-state index is 4.78. The largest absolute Gasteiger partial charge is 0.248 e. The number of nitrogens with zero attached hydrogens (tertiary/aromatic N) is 1. The molecular formula is C16H10Br3N. The van der Waals surface area contributed by atoms with Crippen molar-refractivity contribution in [1.82, 2.24) is 4.98 Å². The Balaban J connectivity index is 2.27. The van der Waals surface area contributed by atoms with Gasteiger partial charge >= 0.3 is 0 Å². The molecule has 0 saturated heterocycles. The van der Waals surface area contributed by atoms with Gasteiger partial charge < -0.3 is 0 Å². The first-order valence-electron chi connectivity index (χ1n) is 6.07. The fourth-order valence-corrected chi connectivity index (χ4v) is 3.37. The highest BCUT2D eigenvalue weighted by Crippen LogP contribution is 2.32. The smallest absolute Gasteiger partial charge is 0.0724 e. The summed E-state index contributed by atoms with van der Waals surface area (Å²) >= 11 is 10.6. The predicted molar refractivity (Wildman–Crippen MR) is 95.0 cm³/mol. The van der Waals surface area contributed by atoms with Crippen molar-refractivity contribution in [2.45, 2.75) is 6.92 Å². The van der Waals surface area contributed by atoms with Gasteiger partial charge in [0.2, 0.25) is 0 Å². The Hall–Kier alpha value is -0.710. The zero-order valence-electron chi connectivity index (χ0n) is 10.6. The standard InChI is InChI=1S/C16H10Br3N/c1-9-6-16(13-8-10(17)2-4-14(13)19)20-15-5-3-11(18)7-12(9)15/h2-8H,1H3. The van der Waals surface area contributed by atoms with Crippen molar-refractivity contribution in [3.63, 3.8) is 0 Å². The summed E-state index contributed by atoms with van der Waals surface area (Å²) in [4.78, 5) is 4.78. The zero-order chi connectivity index (χ0) is 14.3. The van der Waals surface area contributed by atoms with Crippen molar-refractivity contribution in [2.24, 2.45) is 0 Å². The average molecular weight is 456 g/mol. The Morgan fingerprint density at radius 3 is 2.35 bits per heavy atom. The van der Waals surface area contributed by atoms with Gasteiger partial charge in [-0.3, -0.25) is 0 Å². The highest BCUT2D eigenvalue weighted by Gasteiger charge is 2.09. The van der Waals surface area contributed by atoms with Crippen LogP contribution in [0, 0.1) is 6.92 Å². The summed E-state index contributed by atoms with van der Waals surface area (Å²) in [5, 5.41) is 1.18. The Morgan fingerprint density at radius 2 is 1.55 bits per heavy atom. The number of hydrogen-bond acceptors (Lipinski definition) is 1. The van der Waals surface area contributed by atoms with Crippen LogP contribution in [0.1, 0.15) is 5.56 Å². The van der Waals surface area contributed by atoms with Crippen LogP contribution < -0.4 is 0 Å². The van der Waals surface area contributed by atoms with Gasteiger partial charge in [-0.1, -0.05) is 47.8 Å². The Morgan fingerprint density at radius 1 is 0.850 bits per heavy atom. The summed E-state index contributed by atoms with van der Waals surface area (Å²) in [7, 11) is 0. The van der Waals surface area contributed by atoms with Crippen molar-refractivity contribution in [2.75, 3.05) is 0 Å². The second kappa shape index (κ2) is 5.58. The van der Waals surface area contributed by atoms with Gasteiger partial charge in [0.15, 0.2) is 0 Å². The second-order valence-corrected chi connectivity index (χ2v) is 7.30. The van der Waals surface area contributed by atoms with Crippen LogP contribution in [0.3, 0.4) is 0 Å². The van der Waals surface area contributed by atoms with E-state index in [9.17, 15) is 0 Å². The Bertz CT molecular complexity index is 812.